The SMILES string of the molecule is ONc1ccc(F)cc1O[C@@H]1C[C@H](O)C[C@H](O)C1. The highest BCUT2D eigenvalue weighted by atomic mass is 19.1. The Morgan fingerprint density at radius 3 is 2.44 bits per heavy atom. The molecule has 0 aliphatic heterocycles. The van der Waals surface area contributed by atoms with E-state index in [1.807, 2.05) is 5.48 Å². The first-order chi connectivity index (χ1) is 8.58. The van der Waals surface area contributed by atoms with E-state index in [0.717, 1.165) is 6.07 Å². The molecule has 4 N–H and O–H groups in total. The van der Waals surface area contributed by atoms with Gasteiger partial charge in [-0.3, -0.25) is 10.7 Å². The smallest absolute Gasteiger partial charge is 0.148 e. The minimum atomic E-state index is -0.627. The Hall–Kier alpha value is -1.37. The molecule has 1 aliphatic rings. The van der Waals surface area contributed by atoms with Gasteiger partial charge in [-0.1, -0.05) is 0 Å². The standard InChI is InChI=1S/C12H16FNO4/c13-7-1-2-11(14-17)12(3-7)18-10-5-8(15)4-9(16)6-10/h1-3,8-10,14-17H,4-6H2/t8-,9+,10-. The molecule has 0 saturated heterocycles. The molecule has 1 aromatic rings. The van der Waals surface area contributed by atoms with Crippen LogP contribution < -0.4 is 10.2 Å². The molecule has 18 heavy (non-hydrogen) atoms. The zero-order chi connectivity index (χ0) is 13.1. The summed E-state index contributed by atoms with van der Waals surface area (Å²) in [6, 6.07) is 3.68. The average molecular weight is 257 g/mol. The maximum Gasteiger partial charge on any atom is 0.148 e. The number of ether oxygens (including phenoxy) is 1. The van der Waals surface area contributed by atoms with Gasteiger partial charge in [0.25, 0.3) is 0 Å². The molecule has 100 valence electrons. The fraction of sp³-hybridized carbons (Fsp3) is 0.500. The third kappa shape index (κ3) is 3.10. The summed E-state index contributed by atoms with van der Waals surface area (Å²) >= 11 is 0. The Kier molecular flexibility index (Phi) is 4.00. The maximum absolute atomic E-state index is 13.1. The van der Waals surface area contributed by atoms with Gasteiger partial charge >= 0.3 is 0 Å². The van der Waals surface area contributed by atoms with Crippen LogP contribution in [0.15, 0.2) is 18.2 Å². The monoisotopic (exact) mass is 257 g/mol. The quantitative estimate of drug-likeness (QED) is 0.613. The highest BCUT2D eigenvalue weighted by Crippen LogP contribution is 2.30. The van der Waals surface area contributed by atoms with Crippen LogP contribution in [-0.2, 0) is 0 Å². The highest BCUT2D eigenvalue weighted by molar-refractivity contribution is 5.54. The second-order valence-corrected chi connectivity index (χ2v) is 4.51. The van der Waals surface area contributed by atoms with Gasteiger partial charge < -0.3 is 14.9 Å². The highest BCUT2D eigenvalue weighted by Gasteiger charge is 2.28. The molecule has 1 saturated carbocycles. The average Bonchev–Trinajstić information content (AvgIpc) is 2.27. The summed E-state index contributed by atoms with van der Waals surface area (Å²) in [6.45, 7) is 0. The molecule has 0 aromatic heterocycles. The molecule has 0 bridgehead atoms. The molecule has 3 atom stereocenters. The molecule has 0 spiro atoms. The van der Waals surface area contributed by atoms with Crippen molar-refractivity contribution in [1.82, 2.24) is 0 Å². The molecule has 0 radical (unpaired) electrons. The number of rotatable bonds is 3. The Morgan fingerprint density at radius 2 is 1.83 bits per heavy atom. The third-order valence-electron chi connectivity index (χ3n) is 2.97. The van der Waals surface area contributed by atoms with Crippen LogP contribution in [0.1, 0.15) is 19.3 Å². The van der Waals surface area contributed by atoms with Gasteiger partial charge in [0.1, 0.15) is 23.4 Å². The molecule has 0 heterocycles. The van der Waals surface area contributed by atoms with E-state index in [0.29, 0.717) is 19.3 Å². The van der Waals surface area contributed by atoms with Gasteiger partial charge in [0.2, 0.25) is 0 Å². The molecule has 1 aliphatic carbocycles. The molecule has 5 nitrogen and oxygen atoms in total. The van der Waals surface area contributed by atoms with E-state index in [2.05, 4.69) is 0 Å². The maximum atomic E-state index is 13.1. The first-order valence-corrected chi connectivity index (χ1v) is 5.81. The molecular weight excluding hydrogens is 241 g/mol. The van der Waals surface area contributed by atoms with E-state index in [4.69, 9.17) is 9.94 Å². The molecule has 1 aromatic carbocycles. The molecule has 1 fully saturated rings. The number of hydrogen-bond donors (Lipinski definition) is 4. The number of aliphatic hydroxyl groups excluding tert-OH is 2. The second kappa shape index (κ2) is 5.51. The number of halogens is 1. The van der Waals surface area contributed by atoms with Crippen molar-refractivity contribution in [3.05, 3.63) is 24.0 Å². The van der Waals surface area contributed by atoms with Crippen LogP contribution >= 0.6 is 0 Å². The number of nitrogens with one attached hydrogen (secondary N) is 1. The summed E-state index contributed by atoms with van der Waals surface area (Å²) in [5.74, 6) is -0.329. The van der Waals surface area contributed by atoms with E-state index in [1.54, 1.807) is 0 Å². The minimum absolute atomic E-state index is 0.156. The Morgan fingerprint density at radius 1 is 1.17 bits per heavy atom. The predicted octanol–water partition coefficient (Wildman–Crippen LogP) is 1.28. The van der Waals surface area contributed by atoms with Gasteiger partial charge in [-0.15, -0.1) is 0 Å². The fourth-order valence-corrected chi connectivity index (χ4v) is 2.17. The zero-order valence-electron chi connectivity index (χ0n) is 9.71. The normalized spacial score (nSPS) is 27.9. The Bertz CT molecular complexity index is 405. The lowest BCUT2D eigenvalue weighted by Gasteiger charge is -2.30. The summed E-state index contributed by atoms with van der Waals surface area (Å²) in [5.41, 5.74) is 2.16. The van der Waals surface area contributed by atoms with Crippen molar-refractivity contribution in [3.63, 3.8) is 0 Å². The van der Waals surface area contributed by atoms with E-state index in [9.17, 15) is 14.6 Å². The van der Waals surface area contributed by atoms with Gasteiger partial charge in [-0.25, -0.2) is 4.39 Å². The number of aliphatic hydroxyl groups is 2. The van der Waals surface area contributed by atoms with Crippen molar-refractivity contribution in [2.45, 2.75) is 37.6 Å². The third-order valence-corrected chi connectivity index (χ3v) is 2.97. The number of anilines is 1. The molecule has 0 unspecified atom stereocenters. The molecule has 6 heteroatoms. The first-order valence-electron chi connectivity index (χ1n) is 5.81. The summed E-state index contributed by atoms with van der Waals surface area (Å²) in [6.07, 6.45) is -0.585. The van der Waals surface area contributed by atoms with Crippen molar-refractivity contribution in [3.8, 4) is 5.75 Å². The van der Waals surface area contributed by atoms with Crippen LogP contribution in [0.2, 0.25) is 0 Å². The van der Waals surface area contributed by atoms with Crippen molar-refractivity contribution in [1.29, 1.82) is 0 Å². The molecular formula is C12H16FNO4. The van der Waals surface area contributed by atoms with E-state index in [1.165, 1.54) is 12.1 Å². The largest absolute Gasteiger partial charge is 0.488 e. The van der Waals surface area contributed by atoms with Crippen molar-refractivity contribution < 1.29 is 24.5 Å². The minimum Gasteiger partial charge on any atom is -0.488 e. The number of benzene rings is 1. The summed E-state index contributed by atoms with van der Waals surface area (Å²) in [7, 11) is 0. The molecule has 2 rings (SSSR count). The van der Waals surface area contributed by atoms with Gasteiger partial charge in [-0.05, 0) is 18.6 Å². The van der Waals surface area contributed by atoms with Crippen LogP contribution in [0.25, 0.3) is 0 Å². The Labute approximate surface area is 104 Å². The van der Waals surface area contributed by atoms with Crippen molar-refractivity contribution >= 4 is 5.69 Å². The lowest BCUT2D eigenvalue weighted by molar-refractivity contribution is -0.0154. The van der Waals surface area contributed by atoms with Crippen LogP contribution in [0.3, 0.4) is 0 Å². The Balaban J connectivity index is 2.10. The lowest BCUT2D eigenvalue weighted by Crippen LogP contribution is -2.36. The van der Waals surface area contributed by atoms with E-state index < -0.39 is 24.1 Å². The predicted molar refractivity (Wildman–Crippen MR) is 62.1 cm³/mol. The van der Waals surface area contributed by atoms with Gasteiger partial charge in [-0.2, -0.15) is 0 Å². The van der Waals surface area contributed by atoms with Crippen molar-refractivity contribution in [2.75, 3.05) is 5.48 Å². The van der Waals surface area contributed by atoms with Crippen LogP contribution in [-0.4, -0.2) is 33.7 Å². The van der Waals surface area contributed by atoms with Gasteiger partial charge in [0.15, 0.2) is 0 Å². The fourth-order valence-electron chi connectivity index (χ4n) is 2.17. The van der Waals surface area contributed by atoms with Gasteiger partial charge in [0.05, 0.1) is 12.2 Å². The van der Waals surface area contributed by atoms with E-state index >= 15 is 0 Å². The van der Waals surface area contributed by atoms with Gasteiger partial charge in [0, 0.05) is 18.9 Å². The topological polar surface area (TPSA) is 82.0 Å². The lowest BCUT2D eigenvalue weighted by atomic mass is 9.92. The van der Waals surface area contributed by atoms with Crippen LogP contribution in [0.4, 0.5) is 10.1 Å². The number of hydrogen-bond acceptors (Lipinski definition) is 5. The molecule has 0 amide bonds. The summed E-state index contributed by atoms with van der Waals surface area (Å²) in [4.78, 5) is 0. The summed E-state index contributed by atoms with van der Waals surface area (Å²) in [5, 5.41) is 28.0. The second-order valence-electron chi connectivity index (χ2n) is 4.51. The van der Waals surface area contributed by atoms with Crippen LogP contribution in [0, 0.1) is 5.82 Å². The van der Waals surface area contributed by atoms with Crippen molar-refractivity contribution in [2.24, 2.45) is 0 Å². The zero-order valence-corrected chi connectivity index (χ0v) is 9.71. The summed E-state index contributed by atoms with van der Waals surface area (Å²) < 4.78 is 18.6. The first kappa shape index (κ1) is 13.1. The van der Waals surface area contributed by atoms with E-state index in [-0.39, 0.29) is 11.4 Å². The van der Waals surface area contributed by atoms with Crippen LogP contribution in [0.5, 0.6) is 5.75 Å².